The highest BCUT2D eigenvalue weighted by atomic mass is 16.3. The third-order valence-corrected chi connectivity index (χ3v) is 1.85. The number of hydrogen-bond donors (Lipinski definition) is 1. The molecule has 0 atom stereocenters. The highest BCUT2D eigenvalue weighted by Gasteiger charge is 1.99. The van der Waals surface area contributed by atoms with Crippen LogP contribution in [0.15, 0.2) is 36.4 Å². The zero-order valence-corrected chi connectivity index (χ0v) is 8.20. The van der Waals surface area contributed by atoms with Crippen molar-refractivity contribution in [2.75, 3.05) is 6.61 Å². The van der Waals surface area contributed by atoms with Crippen molar-refractivity contribution in [1.29, 1.82) is 0 Å². The van der Waals surface area contributed by atoms with Crippen molar-refractivity contribution in [3.05, 3.63) is 42.0 Å². The van der Waals surface area contributed by atoms with Gasteiger partial charge in [-0.2, -0.15) is 0 Å². The minimum atomic E-state index is 0.113. The van der Waals surface area contributed by atoms with E-state index in [0.717, 1.165) is 11.1 Å². The summed E-state index contributed by atoms with van der Waals surface area (Å²) in [5.41, 5.74) is 2.12. The standard InChI is InChI=1S/C12H16O/c1-10(2)8-12(9-13)11-6-4-3-5-7-11/h3-8,10,13H,9H2,1-2H3. The van der Waals surface area contributed by atoms with E-state index in [1.54, 1.807) is 0 Å². The second kappa shape index (κ2) is 4.83. The lowest BCUT2D eigenvalue weighted by molar-refractivity contribution is 0.349. The quantitative estimate of drug-likeness (QED) is 0.750. The Hall–Kier alpha value is -1.08. The van der Waals surface area contributed by atoms with Crippen molar-refractivity contribution >= 4 is 5.57 Å². The zero-order chi connectivity index (χ0) is 9.68. The number of aliphatic hydroxyl groups is 1. The van der Waals surface area contributed by atoms with E-state index < -0.39 is 0 Å². The number of rotatable bonds is 3. The first-order valence-corrected chi connectivity index (χ1v) is 4.61. The molecule has 1 N–H and O–H groups in total. The van der Waals surface area contributed by atoms with Crippen molar-refractivity contribution in [2.45, 2.75) is 13.8 Å². The van der Waals surface area contributed by atoms with Crippen molar-refractivity contribution in [2.24, 2.45) is 5.92 Å². The molecule has 0 bridgehead atoms. The maximum atomic E-state index is 9.16. The SMILES string of the molecule is CC(C)C=C(CO)c1ccccc1. The van der Waals surface area contributed by atoms with Crippen LogP contribution >= 0.6 is 0 Å². The van der Waals surface area contributed by atoms with E-state index in [1.807, 2.05) is 30.3 Å². The number of hydrogen-bond acceptors (Lipinski definition) is 1. The summed E-state index contributed by atoms with van der Waals surface area (Å²) < 4.78 is 0. The molecule has 0 fully saturated rings. The van der Waals surface area contributed by atoms with E-state index in [4.69, 9.17) is 5.11 Å². The van der Waals surface area contributed by atoms with Gasteiger partial charge in [-0.3, -0.25) is 0 Å². The first-order chi connectivity index (χ1) is 6.24. The van der Waals surface area contributed by atoms with Crippen molar-refractivity contribution in [3.8, 4) is 0 Å². The molecule has 0 spiro atoms. The molecule has 0 radical (unpaired) electrons. The summed E-state index contributed by atoms with van der Waals surface area (Å²) in [5.74, 6) is 0.474. The van der Waals surface area contributed by atoms with Crippen LogP contribution in [0.4, 0.5) is 0 Å². The van der Waals surface area contributed by atoms with Crippen LogP contribution in [-0.2, 0) is 0 Å². The topological polar surface area (TPSA) is 20.2 Å². The van der Waals surface area contributed by atoms with E-state index in [9.17, 15) is 0 Å². The predicted molar refractivity (Wildman–Crippen MR) is 56.3 cm³/mol. The molecular formula is C12H16O. The summed E-state index contributed by atoms with van der Waals surface area (Å²) in [4.78, 5) is 0. The van der Waals surface area contributed by atoms with E-state index in [2.05, 4.69) is 19.9 Å². The lowest BCUT2D eigenvalue weighted by atomic mass is 10.0. The Morgan fingerprint density at radius 1 is 1.31 bits per heavy atom. The maximum absolute atomic E-state index is 9.16. The molecule has 13 heavy (non-hydrogen) atoms. The molecule has 70 valence electrons. The molecule has 1 aromatic rings. The highest BCUT2D eigenvalue weighted by molar-refractivity contribution is 5.66. The Morgan fingerprint density at radius 3 is 2.38 bits per heavy atom. The van der Waals surface area contributed by atoms with Gasteiger partial charge in [0.05, 0.1) is 6.61 Å². The molecule has 0 saturated carbocycles. The van der Waals surface area contributed by atoms with Crippen LogP contribution in [-0.4, -0.2) is 11.7 Å². The fraction of sp³-hybridized carbons (Fsp3) is 0.333. The van der Waals surface area contributed by atoms with Crippen LogP contribution in [0, 0.1) is 5.92 Å². The summed E-state index contributed by atoms with van der Waals surface area (Å²) in [7, 11) is 0. The Labute approximate surface area is 79.7 Å². The van der Waals surface area contributed by atoms with Gasteiger partial charge in [0, 0.05) is 0 Å². The van der Waals surface area contributed by atoms with Crippen molar-refractivity contribution in [1.82, 2.24) is 0 Å². The molecule has 1 heteroatoms. The second-order valence-electron chi connectivity index (χ2n) is 3.46. The van der Waals surface area contributed by atoms with Gasteiger partial charge in [-0.15, -0.1) is 0 Å². The Morgan fingerprint density at radius 2 is 1.92 bits per heavy atom. The minimum absolute atomic E-state index is 0.113. The number of allylic oxidation sites excluding steroid dienone is 1. The number of benzene rings is 1. The van der Waals surface area contributed by atoms with Gasteiger partial charge in [0.25, 0.3) is 0 Å². The number of aliphatic hydroxyl groups excluding tert-OH is 1. The summed E-state index contributed by atoms with van der Waals surface area (Å²) in [5, 5.41) is 9.16. The molecule has 0 aliphatic carbocycles. The fourth-order valence-corrected chi connectivity index (χ4v) is 1.29. The minimum Gasteiger partial charge on any atom is -0.392 e. The predicted octanol–water partition coefficient (Wildman–Crippen LogP) is 2.72. The molecule has 0 aromatic heterocycles. The largest absolute Gasteiger partial charge is 0.392 e. The third kappa shape index (κ3) is 3.03. The van der Waals surface area contributed by atoms with Crippen LogP contribution in [0.3, 0.4) is 0 Å². The van der Waals surface area contributed by atoms with Crippen molar-refractivity contribution in [3.63, 3.8) is 0 Å². The molecule has 0 heterocycles. The molecule has 0 amide bonds. The Balaban J connectivity index is 2.91. The monoisotopic (exact) mass is 176 g/mol. The van der Waals surface area contributed by atoms with E-state index in [1.165, 1.54) is 0 Å². The molecule has 1 rings (SSSR count). The van der Waals surface area contributed by atoms with Gasteiger partial charge in [-0.25, -0.2) is 0 Å². The van der Waals surface area contributed by atoms with E-state index >= 15 is 0 Å². The normalized spacial score (nSPS) is 12.2. The molecule has 0 unspecified atom stereocenters. The summed E-state index contributed by atoms with van der Waals surface area (Å²) >= 11 is 0. The average Bonchev–Trinajstić information content (AvgIpc) is 2.15. The third-order valence-electron chi connectivity index (χ3n) is 1.85. The Bertz CT molecular complexity index is 272. The van der Waals surface area contributed by atoms with Gasteiger partial charge in [-0.1, -0.05) is 50.3 Å². The van der Waals surface area contributed by atoms with Crippen LogP contribution in [0.1, 0.15) is 19.4 Å². The lowest BCUT2D eigenvalue weighted by Crippen LogP contribution is -1.92. The fourth-order valence-electron chi connectivity index (χ4n) is 1.29. The highest BCUT2D eigenvalue weighted by Crippen LogP contribution is 2.15. The van der Waals surface area contributed by atoms with Crippen LogP contribution in [0.5, 0.6) is 0 Å². The van der Waals surface area contributed by atoms with Crippen molar-refractivity contribution < 1.29 is 5.11 Å². The van der Waals surface area contributed by atoms with Gasteiger partial charge in [0.1, 0.15) is 0 Å². The zero-order valence-electron chi connectivity index (χ0n) is 8.20. The van der Waals surface area contributed by atoms with Gasteiger partial charge >= 0.3 is 0 Å². The van der Waals surface area contributed by atoms with Gasteiger partial charge < -0.3 is 5.11 Å². The average molecular weight is 176 g/mol. The second-order valence-corrected chi connectivity index (χ2v) is 3.46. The first-order valence-electron chi connectivity index (χ1n) is 4.61. The van der Waals surface area contributed by atoms with Gasteiger partial charge in [0.2, 0.25) is 0 Å². The van der Waals surface area contributed by atoms with Gasteiger partial charge in [-0.05, 0) is 17.1 Å². The molecular weight excluding hydrogens is 160 g/mol. The molecule has 1 nitrogen and oxygen atoms in total. The van der Waals surface area contributed by atoms with E-state index in [-0.39, 0.29) is 6.61 Å². The first kappa shape index (κ1) is 10.0. The van der Waals surface area contributed by atoms with Gasteiger partial charge in [0.15, 0.2) is 0 Å². The van der Waals surface area contributed by atoms with Crippen LogP contribution in [0.2, 0.25) is 0 Å². The molecule has 0 aliphatic heterocycles. The van der Waals surface area contributed by atoms with Crippen LogP contribution in [0.25, 0.3) is 5.57 Å². The maximum Gasteiger partial charge on any atom is 0.0684 e. The molecule has 1 aromatic carbocycles. The molecule has 0 saturated heterocycles. The van der Waals surface area contributed by atoms with Crippen LogP contribution < -0.4 is 0 Å². The molecule has 0 aliphatic rings. The lowest BCUT2D eigenvalue weighted by Gasteiger charge is -2.05. The Kier molecular flexibility index (Phi) is 3.71. The van der Waals surface area contributed by atoms with E-state index in [0.29, 0.717) is 5.92 Å². The summed E-state index contributed by atoms with van der Waals surface area (Å²) in [6.45, 7) is 4.33. The smallest absolute Gasteiger partial charge is 0.0684 e. The summed E-state index contributed by atoms with van der Waals surface area (Å²) in [6, 6.07) is 9.99. The summed E-state index contributed by atoms with van der Waals surface area (Å²) in [6.07, 6.45) is 2.09.